The molecule has 4 rings (SSSR count). The molecule has 2 heterocycles. The van der Waals surface area contributed by atoms with E-state index in [0.717, 1.165) is 36.4 Å². The average Bonchev–Trinajstić information content (AvgIpc) is 3.21. The van der Waals surface area contributed by atoms with Gasteiger partial charge in [0.25, 0.3) is 5.91 Å². The van der Waals surface area contributed by atoms with E-state index in [2.05, 4.69) is 17.4 Å². The first-order valence-corrected chi connectivity index (χ1v) is 10.7. The van der Waals surface area contributed by atoms with Crippen LogP contribution < -0.4 is 19.7 Å². The highest BCUT2D eigenvalue weighted by Gasteiger charge is 2.33. The van der Waals surface area contributed by atoms with Gasteiger partial charge in [-0.1, -0.05) is 30.3 Å². The Balaban J connectivity index is 1.40. The number of Topliss-reactive ketones (excluding diaryl/α,β-unsaturated/α-hetero) is 1. The number of ketones is 1. The van der Waals surface area contributed by atoms with Crippen LogP contribution in [0.3, 0.4) is 0 Å². The van der Waals surface area contributed by atoms with Crippen LogP contribution in [-0.4, -0.2) is 44.0 Å². The highest BCUT2D eigenvalue weighted by Crippen LogP contribution is 2.33. The number of amides is 1. The number of fused-ring (bicyclic) bond motifs is 1. The van der Waals surface area contributed by atoms with Crippen LogP contribution >= 0.6 is 0 Å². The Morgan fingerprint density at radius 2 is 1.87 bits per heavy atom. The number of hydrogen-bond donors (Lipinski definition) is 2. The van der Waals surface area contributed by atoms with Crippen LogP contribution in [0.15, 0.2) is 48.5 Å². The van der Waals surface area contributed by atoms with Crippen LogP contribution in [0.1, 0.15) is 36.9 Å². The zero-order chi connectivity index (χ0) is 20.9. The summed E-state index contributed by atoms with van der Waals surface area (Å²) in [5.41, 5.74) is 2.22. The van der Waals surface area contributed by atoms with E-state index >= 15 is 0 Å². The fraction of sp³-hybridized carbons (Fsp3) is 0.417. The molecule has 158 valence electrons. The average molecular weight is 410 g/mol. The minimum absolute atomic E-state index is 0.0213. The van der Waals surface area contributed by atoms with Gasteiger partial charge in [-0.25, -0.2) is 0 Å². The molecule has 0 spiro atoms. The van der Waals surface area contributed by atoms with Gasteiger partial charge in [0.15, 0.2) is 23.8 Å². The SMILES string of the molecule is CC(=O)[C@H](Cc1ccccc1)NC(=O)C[NH+]1CCC[C@@H]1c1ccc2c(c1)OCCO2. The van der Waals surface area contributed by atoms with Gasteiger partial charge in [-0.15, -0.1) is 0 Å². The molecule has 0 aromatic heterocycles. The molecule has 1 unspecified atom stereocenters. The van der Waals surface area contributed by atoms with Crippen molar-refractivity contribution in [3.8, 4) is 11.5 Å². The van der Waals surface area contributed by atoms with Crippen LogP contribution in [0.25, 0.3) is 0 Å². The van der Waals surface area contributed by atoms with E-state index in [0.29, 0.717) is 26.2 Å². The summed E-state index contributed by atoms with van der Waals surface area (Å²) >= 11 is 0. The van der Waals surface area contributed by atoms with Crippen molar-refractivity contribution in [3.63, 3.8) is 0 Å². The summed E-state index contributed by atoms with van der Waals surface area (Å²) in [4.78, 5) is 26.1. The standard InChI is InChI=1S/C24H28N2O4/c1-17(27)20(14-18-6-3-2-4-7-18)25-24(28)16-26-11-5-8-21(26)19-9-10-22-23(15-19)30-13-12-29-22/h2-4,6-7,9-10,15,20-21H,5,8,11-14,16H2,1H3,(H,25,28)/p+1/t20-,21+/m0/s1. The number of hydrogen-bond acceptors (Lipinski definition) is 4. The number of benzene rings is 2. The largest absolute Gasteiger partial charge is 0.486 e. The highest BCUT2D eigenvalue weighted by atomic mass is 16.6. The van der Waals surface area contributed by atoms with Crippen molar-refractivity contribution >= 4 is 11.7 Å². The maximum atomic E-state index is 12.8. The van der Waals surface area contributed by atoms with Crippen LogP contribution in [0.2, 0.25) is 0 Å². The van der Waals surface area contributed by atoms with Gasteiger partial charge in [0, 0.05) is 18.4 Å². The summed E-state index contributed by atoms with van der Waals surface area (Å²) in [7, 11) is 0. The second kappa shape index (κ2) is 9.30. The van der Waals surface area contributed by atoms with Gasteiger partial charge in [0.1, 0.15) is 19.3 Å². The summed E-state index contributed by atoms with van der Waals surface area (Å²) in [5, 5.41) is 2.96. The molecule has 0 radical (unpaired) electrons. The fourth-order valence-corrected chi connectivity index (χ4v) is 4.40. The summed E-state index contributed by atoms with van der Waals surface area (Å²) < 4.78 is 11.3. The first-order chi connectivity index (χ1) is 14.6. The zero-order valence-electron chi connectivity index (χ0n) is 17.4. The maximum absolute atomic E-state index is 12.8. The monoisotopic (exact) mass is 409 g/mol. The Bertz CT molecular complexity index is 899. The predicted octanol–water partition coefficient (Wildman–Crippen LogP) is 1.49. The lowest BCUT2D eigenvalue weighted by atomic mass is 10.0. The van der Waals surface area contributed by atoms with Crippen LogP contribution in [0, 0.1) is 0 Å². The Hall–Kier alpha value is -2.86. The molecule has 2 aromatic carbocycles. The van der Waals surface area contributed by atoms with Crippen molar-refractivity contribution in [3.05, 3.63) is 59.7 Å². The first kappa shape index (κ1) is 20.4. The van der Waals surface area contributed by atoms with E-state index in [1.807, 2.05) is 36.4 Å². The molecule has 2 aliphatic heterocycles. The molecular weight excluding hydrogens is 380 g/mol. The molecule has 2 aromatic rings. The van der Waals surface area contributed by atoms with E-state index < -0.39 is 6.04 Å². The Labute approximate surface area is 177 Å². The Morgan fingerprint density at radius 3 is 2.63 bits per heavy atom. The van der Waals surface area contributed by atoms with Gasteiger partial charge in [-0.05, 0) is 37.1 Å². The Morgan fingerprint density at radius 1 is 1.10 bits per heavy atom. The van der Waals surface area contributed by atoms with Gasteiger partial charge in [-0.3, -0.25) is 9.59 Å². The molecule has 2 N–H and O–H groups in total. The van der Waals surface area contributed by atoms with Crippen molar-refractivity contribution in [1.82, 2.24) is 5.32 Å². The fourth-order valence-electron chi connectivity index (χ4n) is 4.40. The van der Waals surface area contributed by atoms with E-state index in [1.165, 1.54) is 17.4 Å². The van der Waals surface area contributed by atoms with Crippen LogP contribution in [0.5, 0.6) is 11.5 Å². The van der Waals surface area contributed by atoms with Crippen LogP contribution in [-0.2, 0) is 16.0 Å². The third kappa shape index (κ3) is 4.82. The molecule has 2 aliphatic rings. The Kier molecular flexibility index (Phi) is 6.33. The lowest BCUT2D eigenvalue weighted by Gasteiger charge is -2.24. The third-order valence-electron chi connectivity index (χ3n) is 5.95. The molecule has 1 fully saturated rings. The first-order valence-electron chi connectivity index (χ1n) is 10.7. The number of quaternary nitrogens is 1. The quantitative estimate of drug-likeness (QED) is 0.727. The number of carbonyl (C=O) groups is 2. The molecule has 6 heteroatoms. The summed E-state index contributed by atoms with van der Waals surface area (Å²) in [6, 6.07) is 15.6. The number of carbonyl (C=O) groups excluding carboxylic acids is 2. The van der Waals surface area contributed by atoms with Gasteiger partial charge in [0.05, 0.1) is 12.6 Å². The van der Waals surface area contributed by atoms with Crippen molar-refractivity contribution < 1.29 is 24.0 Å². The van der Waals surface area contributed by atoms with Crippen molar-refractivity contribution in [1.29, 1.82) is 0 Å². The summed E-state index contributed by atoms with van der Waals surface area (Å²) in [6.07, 6.45) is 2.62. The minimum atomic E-state index is -0.491. The van der Waals surface area contributed by atoms with Gasteiger partial charge >= 0.3 is 0 Å². The molecule has 1 amide bonds. The van der Waals surface area contributed by atoms with E-state index in [4.69, 9.17) is 9.47 Å². The molecule has 0 aliphatic carbocycles. The minimum Gasteiger partial charge on any atom is -0.486 e. The lowest BCUT2D eigenvalue weighted by molar-refractivity contribution is -0.910. The second-order valence-corrected chi connectivity index (χ2v) is 8.10. The summed E-state index contributed by atoms with van der Waals surface area (Å²) in [5.74, 6) is 1.47. The zero-order valence-corrected chi connectivity index (χ0v) is 17.4. The van der Waals surface area contributed by atoms with Crippen molar-refractivity contribution in [2.75, 3.05) is 26.3 Å². The second-order valence-electron chi connectivity index (χ2n) is 8.10. The predicted molar refractivity (Wildman–Crippen MR) is 113 cm³/mol. The molecule has 1 saturated heterocycles. The number of ether oxygens (including phenoxy) is 2. The lowest BCUT2D eigenvalue weighted by Crippen LogP contribution is -3.11. The highest BCUT2D eigenvalue weighted by molar-refractivity contribution is 5.88. The normalized spacial score (nSPS) is 21.1. The maximum Gasteiger partial charge on any atom is 0.275 e. The molecule has 0 bridgehead atoms. The van der Waals surface area contributed by atoms with Gasteiger partial charge in [0.2, 0.25) is 0 Å². The number of rotatable bonds is 7. The van der Waals surface area contributed by atoms with Crippen molar-refractivity contribution in [2.45, 2.75) is 38.3 Å². The van der Waals surface area contributed by atoms with E-state index in [9.17, 15) is 9.59 Å². The van der Waals surface area contributed by atoms with E-state index in [1.54, 1.807) is 0 Å². The molecule has 6 nitrogen and oxygen atoms in total. The summed E-state index contributed by atoms with van der Waals surface area (Å²) in [6.45, 7) is 3.98. The van der Waals surface area contributed by atoms with Gasteiger partial charge < -0.3 is 19.7 Å². The molecular formula is C24H29N2O4+. The van der Waals surface area contributed by atoms with E-state index in [-0.39, 0.29) is 17.7 Å². The molecule has 0 saturated carbocycles. The topological polar surface area (TPSA) is 69.1 Å². The molecule has 3 atom stereocenters. The van der Waals surface area contributed by atoms with Crippen LogP contribution in [0.4, 0.5) is 0 Å². The van der Waals surface area contributed by atoms with Crippen molar-refractivity contribution in [2.24, 2.45) is 0 Å². The smallest absolute Gasteiger partial charge is 0.275 e. The number of nitrogens with one attached hydrogen (secondary N) is 2. The van der Waals surface area contributed by atoms with Gasteiger partial charge in [-0.2, -0.15) is 0 Å². The number of likely N-dealkylation sites (tertiary alicyclic amines) is 1. The third-order valence-corrected chi connectivity index (χ3v) is 5.95. The molecule has 30 heavy (non-hydrogen) atoms.